The second kappa shape index (κ2) is 6.89. The van der Waals surface area contributed by atoms with E-state index >= 15 is 0 Å². The molecular weight excluding hydrogens is 388 g/mol. The molecule has 0 heterocycles. The third kappa shape index (κ3) is 4.83. The molecule has 0 bridgehead atoms. The minimum atomic E-state index is -5.06. The van der Waals surface area contributed by atoms with Crippen molar-refractivity contribution in [1.82, 2.24) is 0 Å². The predicted molar refractivity (Wildman–Crippen MR) is 83.3 cm³/mol. The number of amides is 1. The molecule has 0 saturated carbocycles. The number of carbonyl (C=O) groups excluding carboxylic acids is 1. The summed E-state index contributed by atoms with van der Waals surface area (Å²) in [6.45, 7) is 0. The lowest BCUT2D eigenvalue weighted by molar-refractivity contribution is -0.167. The Hall–Kier alpha value is -2.33. The van der Waals surface area contributed by atoms with Gasteiger partial charge in [-0.3, -0.25) is 9.52 Å². The average molecular weight is 397 g/mol. The molecule has 0 saturated heterocycles. The molecule has 25 heavy (non-hydrogen) atoms. The van der Waals surface area contributed by atoms with Gasteiger partial charge >= 0.3 is 12.1 Å². The Balaban J connectivity index is 2.17. The number of nitrogens with one attached hydrogen (secondary N) is 2. The van der Waals surface area contributed by atoms with Crippen LogP contribution in [0.3, 0.4) is 0 Å². The monoisotopic (exact) mass is 396 g/mol. The molecule has 0 aliphatic rings. The van der Waals surface area contributed by atoms with Crippen molar-refractivity contribution >= 4 is 38.9 Å². The maximum absolute atomic E-state index is 13.1. The highest BCUT2D eigenvalue weighted by Crippen LogP contribution is 2.23. The van der Waals surface area contributed by atoms with Crippen LogP contribution in [0.5, 0.6) is 0 Å². The third-order valence-corrected chi connectivity index (χ3v) is 4.54. The molecule has 2 aromatic rings. The van der Waals surface area contributed by atoms with Crippen LogP contribution in [0, 0.1) is 5.82 Å². The topological polar surface area (TPSA) is 75.3 Å². The largest absolute Gasteiger partial charge is 0.471 e. The van der Waals surface area contributed by atoms with E-state index in [4.69, 9.17) is 11.6 Å². The zero-order valence-electron chi connectivity index (χ0n) is 12.1. The van der Waals surface area contributed by atoms with E-state index in [9.17, 15) is 30.8 Å². The van der Waals surface area contributed by atoms with Gasteiger partial charge in [0.25, 0.3) is 10.0 Å². The SMILES string of the molecule is O=C(Nc1ccc(S(=O)(=O)Nc2ccc(F)c(Cl)c2)cc1)C(F)(F)F. The second-order valence-corrected chi connectivity index (χ2v) is 6.80. The Morgan fingerprint density at radius 2 is 1.56 bits per heavy atom. The standard InChI is InChI=1S/C14H9ClF4N2O3S/c15-11-7-9(3-6-12(11)16)21-25(23,24)10-4-1-8(2-5-10)20-13(22)14(17,18)19/h1-7,21H,(H,20,22). The number of halogens is 5. The maximum atomic E-state index is 13.1. The summed E-state index contributed by atoms with van der Waals surface area (Å²) in [5.41, 5.74) is -0.230. The molecule has 0 radical (unpaired) electrons. The number of carbonyl (C=O) groups is 1. The van der Waals surface area contributed by atoms with E-state index in [-0.39, 0.29) is 21.3 Å². The van der Waals surface area contributed by atoms with Gasteiger partial charge < -0.3 is 5.32 Å². The van der Waals surface area contributed by atoms with Crippen molar-refractivity contribution < 1.29 is 30.8 Å². The quantitative estimate of drug-likeness (QED) is 0.772. The van der Waals surface area contributed by atoms with E-state index < -0.39 is 27.9 Å². The van der Waals surface area contributed by atoms with Gasteiger partial charge in [0.15, 0.2) is 0 Å². The molecule has 0 spiro atoms. The Kier molecular flexibility index (Phi) is 5.23. The summed E-state index contributed by atoms with van der Waals surface area (Å²) in [7, 11) is -4.08. The molecule has 0 unspecified atom stereocenters. The molecule has 0 aromatic heterocycles. The fourth-order valence-corrected chi connectivity index (χ4v) is 2.92. The predicted octanol–water partition coefficient (Wildman–Crippen LogP) is 3.78. The summed E-state index contributed by atoms with van der Waals surface area (Å²) in [6.07, 6.45) is -5.06. The minimum absolute atomic E-state index is 0.000788. The third-order valence-electron chi connectivity index (χ3n) is 2.85. The van der Waals surface area contributed by atoms with Crippen LogP contribution in [-0.4, -0.2) is 20.5 Å². The molecule has 2 N–H and O–H groups in total. The number of sulfonamides is 1. The van der Waals surface area contributed by atoms with Gasteiger partial charge in [0.1, 0.15) is 5.82 Å². The minimum Gasteiger partial charge on any atom is -0.318 e. The smallest absolute Gasteiger partial charge is 0.318 e. The number of alkyl halides is 3. The first-order valence-electron chi connectivity index (χ1n) is 6.45. The first kappa shape index (κ1) is 19.0. The van der Waals surface area contributed by atoms with E-state index in [0.717, 1.165) is 42.5 Å². The van der Waals surface area contributed by atoms with Crippen molar-refractivity contribution in [2.45, 2.75) is 11.1 Å². The van der Waals surface area contributed by atoms with Crippen molar-refractivity contribution in [3.8, 4) is 0 Å². The van der Waals surface area contributed by atoms with Gasteiger partial charge in [0.05, 0.1) is 15.6 Å². The van der Waals surface area contributed by atoms with E-state index in [1.54, 1.807) is 5.32 Å². The molecule has 2 rings (SSSR count). The zero-order valence-corrected chi connectivity index (χ0v) is 13.6. The van der Waals surface area contributed by atoms with Gasteiger partial charge in [0.2, 0.25) is 0 Å². The van der Waals surface area contributed by atoms with Crippen molar-refractivity contribution in [3.05, 3.63) is 53.3 Å². The molecule has 0 fully saturated rings. The van der Waals surface area contributed by atoms with Gasteiger partial charge in [0, 0.05) is 5.69 Å². The van der Waals surface area contributed by atoms with E-state index in [0.29, 0.717) is 0 Å². The fraction of sp³-hybridized carbons (Fsp3) is 0.0714. The van der Waals surface area contributed by atoms with Gasteiger partial charge in [-0.25, -0.2) is 12.8 Å². The highest BCUT2D eigenvalue weighted by molar-refractivity contribution is 7.92. The number of rotatable bonds is 4. The molecule has 134 valence electrons. The first-order valence-corrected chi connectivity index (χ1v) is 8.31. The average Bonchev–Trinajstić information content (AvgIpc) is 2.50. The molecule has 5 nitrogen and oxygen atoms in total. The molecule has 0 atom stereocenters. The first-order chi connectivity index (χ1) is 11.5. The Labute approximate surface area is 144 Å². The van der Waals surface area contributed by atoms with Gasteiger partial charge in [-0.15, -0.1) is 0 Å². The van der Waals surface area contributed by atoms with Crippen LogP contribution in [0.15, 0.2) is 47.4 Å². The lowest BCUT2D eigenvalue weighted by Gasteiger charge is -2.10. The van der Waals surface area contributed by atoms with Gasteiger partial charge in [-0.1, -0.05) is 11.6 Å². The second-order valence-electron chi connectivity index (χ2n) is 4.71. The zero-order chi connectivity index (χ0) is 18.8. The lowest BCUT2D eigenvalue weighted by Crippen LogP contribution is -2.29. The van der Waals surface area contributed by atoms with Crippen LogP contribution >= 0.6 is 11.6 Å². The summed E-state index contributed by atoms with van der Waals surface area (Å²) in [5, 5.41) is 1.30. The molecule has 1 amide bonds. The van der Waals surface area contributed by atoms with E-state index in [1.165, 1.54) is 0 Å². The van der Waals surface area contributed by atoms with Crippen LogP contribution in [0.4, 0.5) is 28.9 Å². The highest BCUT2D eigenvalue weighted by atomic mass is 35.5. The number of benzene rings is 2. The number of hydrogen-bond donors (Lipinski definition) is 2. The van der Waals surface area contributed by atoms with Crippen molar-refractivity contribution in [2.75, 3.05) is 10.0 Å². The molecule has 0 aliphatic heterocycles. The summed E-state index contributed by atoms with van der Waals surface area (Å²) in [4.78, 5) is 10.5. The van der Waals surface area contributed by atoms with Crippen molar-refractivity contribution in [1.29, 1.82) is 0 Å². The lowest BCUT2D eigenvalue weighted by atomic mass is 10.3. The number of hydrogen-bond acceptors (Lipinski definition) is 3. The summed E-state index contributed by atoms with van der Waals surface area (Å²) in [6, 6.07) is 7.17. The van der Waals surface area contributed by atoms with Crippen LogP contribution in [0.1, 0.15) is 0 Å². The van der Waals surface area contributed by atoms with E-state index in [2.05, 4.69) is 4.72 Å². The van der Waals surface area contributed by atoms with Gasteiger partial charge in [-0.2, -0.15) is 13.2 Å². The Morgan fingerprint density at radius 3 is 2.08 bits per heavy atom. The number of anilines is 2. The highest BCUT2D eigenvalue weighted by Gasteiger charge is 2.38. The Bertz CT molecular complexity index is 899. The van der Waals surface area contributed by atoms with Crippen LogP contribution in [-0.2, 0) is 14.8 Å². The van der Waals surface area contributed by atoms with E-state index in [1.807, 2.05) is 0 Å². The normalized spacial score (nSPS) is 11.9. The van der Waals surface area contributed by atoms with Crippen molar-refractivity contribution in [2.24, 2.45) is 0 Å². The summed E-state index contributed by atoms with van der Waals surface area (Å²) < 4.78 is 76.0. The summed E-state index contributed by atoms with van der Waals surface area (Å²) >= 11 is 5.55. The fourth-order valence-electron chi connectivity index (χ4n) is 1.69. The maximum Gasteiger partial charge on any atom is 0.471 e. The molecular formula is C14H9ClF4N2O3S. The van der Waals surface area contributed by atoms with Crippen molar-refractivity contribution in [3.63, 3.8) is 0 Å². The van der Waals surface area contributed by atoms with Crippen LogP contribution in [0.25, 0.3) is 0 Å². The van der Waals surface area contributed by atoms with Crippen LogP contribution in [0.2, 0.25) is 5.02 Å². The van der Waals surface area contributed by atoms with Crippen LogP contribution < -0.4 is 10.0 Å². The summed E-state index contributed by atoms with van der Waals surface area (Å²) in [5.74, 6) is -2.91. The Morgan fingerprint density at radius 1 is 1.00 bits per heavy atom. The molecule has 11 heteroatoms. The van der Waals surface area contributed by atoms with Gasteiger partial charge in [-0.05, 0) is 42.5 Å². The molecule has 0 aliphatic carbocycles. The molecule has 2 aromatic carbocycles.